The number of carbonyl (C=O) groups excluding carboxylic acids is 2. The molecule has 0 spiro atoms. The highest BCUT2D eigenvalue weighted by Crippen LogP contribution is 2.24. The summed E-state index contributed by atoms with van der Waals surface area (Å²) in [4.78, 5) is 23.7. The normalized spacial score (nSPS) is 10.9. The fourth-order valence-corrected chi connectivity index (χ4v) is 3.37. The van der Waals surface area contributed by atoms with E-state index in [1.807, 2.05) is 69.3 Å². The van der Waals surface area contributed by atoms with Gasteiger partial charge < -0.3 is 14.8 Å². The minimum Gasteiger partial charge on any atom is -0.484 e. The Morgan fingerprint density at radius 1 is 0.933 bits per heavy atom. The van der Waals surface area contributed by atoms with E-state index in [-0.39, 0.29) is 12.5 Å². The van der Waals surface area contributed by atoms with Crippen LogP contribution in [0, 0.1) is 20.8 Å². The molecule has 0 fully saturated rings. The molecule has 0 atom stereocenters. The number of hydrogen-bond acceptors (Lipinski definition) is 4. The quantitative estimate of drug-likeness (QED) is 0.466. The van der Waals surface area contributed by atoms with Crippen LogP contribution in [0.25, 0.3) is 16.8 Å². The zero-order chi connectivity index (χ0) is 21.7. The van der Waals surface area contributed by atoms with Crippen LogP contribution in [0.5, 0.6) is 5.75 Å². The summed E-state index contributed by atoms with van der Waals surface area (Å²) in [5, 5.41) is 4.92. The van der Waals surface area contributed by atoms with Crippen molar-refractivity contribution in [3.63, 3.8) is 0 Å². The fraction of sp³-hybridized carbons (Fsp3) is 0.200. The maximum absolute atomic E-state index is 12.4. The molecule has 0 saturated carbocycles. The molecule has 0 unspecified atom stereocenters. The van der Waals surface area contributed by atoms with Crippen molar-refractivity contribution in [3.05, 3.63) is 76.9 Å². The summed E-state index contributed by atoms with van der Waals surface area (Å²) in [5.41, 5.74) is 4.91. The third-order valence-corrected chi connectivity index (χ3v) is 4.76. The fourth-order valence-electron chi connectivity index (χ4n) is 3.37. The lowest BCUT2D eigenvalue weighted by Gasteiger charge is -2.13. The maximum Gasteiger partial charge on any atom is 0.330 e. The molecule has 0 radical (unpaired) electrons. The summed E-state index contributed by atoms with van der Waals surface area (Å²) in [5.74, 6) is -0.0127. The molecule has 0 aliphatic heterocycles. The summed E-state index contributed by atoms with van der Waals surface area (Å²) < 4.78 is 10.3. The Bertz CT molecular complexity index is 1110. The second kappa shape index (κ2) is 9.27. The standard InChI is InChI=1S/C25H25NO4/c1-16-11-17(2)25(18(3)12-16)26-23(27)15-30-22-9-8-20-7-5-19(13-21(20)14-22)6-10-24(28)29-4/h5-14H,15H2,1-4H3,(H,26,27)/b10-6+. The number of fused-ring (bicyclic) bond motifs is 1. The van der Waals surface area contributed by atoms with Crippen LogP contribution < -0.4 is 10.1 Å². The third kappa shape index (κ3) is 5.26. The molecular formula is C25H25NO4. The lowest BCUT2D eigenvalue weighted by molar-refractivity contribution is -0.134. The molecular weight excluding hydrogens is 378 g/mol. The van der Waals surface area contributed by atoms with Gasteiger partial charge in [0.25, 0.3) is 5.91 Å². The first-order valence-corrected chi connectivity index (χ1v) is 9.66. The average Bonchev–Trinajstić information content (AvgIpc) is 2.72. The van der Waals surface area contributed by atoms with E-state index in [9.17, 15) is 9.59 Å². The van der Waals surface area contributed by atoms with Crippen molar-refractivity contribution in [2.75, 3.05) is 19.0 Å². The van der Waals surface area contributed by atoms with Crippen LogP contribution in [-0.2, 0) is 14.3 Å². The number of aryl methyl sites for hydroxylation is 3. The Morgan fingerprint density at radius 2 is 1.63 bits per heavy atom. The summed E-state index contributed by atoms with van der Waals surface area (Å²) in [6.45, 7) is 5.91. The molecule has 5 nitrogen and oxygen atoms in total. The van der Waals surface area contributed by atoms with Crippen LogP contribution in [0.1, 0.15) is 22.3 Å². The summed E-state index contributed by atoms with van der Waals surface area (Å²) >= 11 is 0. The average molecular weight is 403 g/mol. The highest BCUT2D eigenvalue weighted by atomic mass is 16.5. The Hall–Kier alpha value is -3.60. The lowest BCUT2D eigenvalue weighted by atomic mass is 10.1. The molecule has 0 heterocycles. The van der Waals surface area contributed by atoms with Crippen LogP contribution in [0.15, 0.2) is 54.6 Å². The highest BCUT2D eigenvalue weighted by Gasteiger charge is 2.09. The van der Waals surface area contributed by atoms with Gasteiger partial charge in [0.15, 0.2) is 6.61 Å². The zero-order valence-electron chi connectivity index (χ0n) is 17.6. The number of benzene rings is 3. The smallest absolute Gasteiger partial charge is 0.330 e. The van der Waals surface area contributed by atoms with Gasteiger partial charge in [0.05, 0.1) is 7.11 Å². The van der Waals surface area contributed by atoms with Gasteiger partial charge in [-0.1, -0.05) is 35.9 Å². The molecule has 0 bridgehead atoms. The number of hydrogen-bond donors (Lipinski definition) is 1. The minimum atomic E-state index is -0.405. The molecule has 3 rings (SSSR count). The molecule has 0 aliphatic rings. The molecule has 0 aliphatic carbocycles. The second-order valence-corrected chi connectivity index (χ2v) is 7.24. The van der Waals surface area contributed by atoms with Gasteiger partial charge in [-0.15, -0.1) is 0 Å². The Labute approximate surface area is 176 Å². The molecule has 0 aromatic heterocycles. The van der Waals surface area contributed by atoms with E-state index in [1.165, 1.54) is 13.2 Å². The zero-order valence-corrected chi connectivity index (χ0v) is 17.6. The number of ether oxygens (including phenoxy) is 2. The summed E-state index contributed by atoms with van der Waals surface area (Å²) in [6, 6.07) is 15.6. The molecule has 5 heteroatoms. The number of amides is 1. The van der Waals surface area contributed by atoms with E-state index in [4.69, 9.17) is 4.74 Å². The van der Waals surface area contributed by atoms with Crippen molar-refractivity contribution in [3.8, 4) is 5.75 Å². The third-order valence-electron chi connectivity index (χ3n) is 4.76. The second-order valence-electron chi connectivity index (χ2n) is 7.24. The number of esters is 1. The van der Waals surface area contributed by atoms with Crippen LogP contribution in [0.2, 0.25) is 0 Å². The molecule has 3 aromatic carbocycles. The van der Waals surface area contributed by atoms with E-state index in [2.05, 4.69) is 10.1 Å². The molecule has 3 aromatic rings. The largest absolute Gasteiger partial charge is 0.484 e. The van der Waals surface area contributed by atoms with E-state index >= 15 is 0 Å². The van der Waals surface area contributed by atoms with Gasteiger partial charge in [0.1, 0.15) is 5.75 Å². The Balaban J connectivity index is 1.69. The molecule has 154 valence electrons. The van der Waals surface area contributed by atoms with Gasteiger partial charge in [-0.2, -0.15) is 0 Å². The van der Waals surface area contributed by atoms with Crippen molar-refractivity contribution in [2.45, 2.75) is 20.8 Å². The van der Waals surface area contributed by atoms with Crippen molar-refractivity contribution < 1.29 is 19.1 Å². The maximum atomic E-state index is 12.4. The van der Waals surface area contributed by atoms with E-state index in [0.717, 1.165) is 38.7 Å². The SMILES string of the molecule is COC(=O)/C=C/c1ccc2ccc(OCC(=O)Nc3c(C)cc(C)cc3C)cc2c1. The van der Waals surface area contributed by atoms with Crippen LogP contribution in [0.3, 0.4) is 0 Å². The summed E-state index contributed by atoms with van der Waals surface area (Å²) in [7, 11) is 1.34. The van der Waals surface area contributed by atoms with E-state index < -0.39 is 5.97 Å². The number of rotatable bonds is 6. The van der Waals surface area contributed by atoms with Gasteiger partial charge in [-0.05, 0) is 72.5 Å². The first-order chi connectivity index (χ1) is 14.4. The van der Waals surface area contributed by atoms with Crippen molar-refractivity contribution in [1.82, 2.24) is 0 Å². The number of anilines is 1. The van der Waals surface area contributed by atoms with Crippen molar-refractivity contribution in [1.29, 1.82) is 0 Å². The topological polar surface area (TPSA) is 64.6 Å². The molecule has 0 saturated heterocycles. The highest BCUT2D eigenvalue weighted by molar-refractivity contribution is 5.94. The Kier molecular flexibility index (Phi) is 6.52. The molecule has 1 amide bonds. The summed E-state index contributed by atoms with van der Waals surface area (Å²) in [6.07, 6.45) is 3.07. The first kappa shape index (κ1) is 21.1. The van der Waals surface area contributed by atoms with E-state index in [1.54, 1.807) is 6.08 Å². The van der Waals surface area contributed by atoms with Crippen molar-refractivity contribution >= 4 is 34.4 Å². The number of carbonyl (C=O) groups is 2. The van der Waals surface area contributed by atoms with Crippen LogP contribution in [0.4, 0.5) is 5.69 Å². The van der Waals surface area contributed by atoms with Gasteiger partial charge in [-0.25, -0.2) is 4.79 Å². The van der Waals surface area contributed by atoms with Crippen LogP contribution >= 0.6 is 0 Å². The minimum absolute atomic E-state index is 0.0831. The monoisotopic (exact) mass is 403 g/mol. The van der Waals surface area contributed by atoms with Gasteiger partial charge >= 0.3 is 5.97 Å². The molecule has 30 heavy (non-hydrogen) atoms. The predicted molar refractivity (Wildman–Crippen MR) is 120 cm³/mol. The van der Waals surface area contributed by atoms with E-state index in [0.29, 0.717) is 5.75 Å². The number of nitrogens with one attached hydrogen (secondary N) is 1. The number of methoxy groups -OCH3 is 1. The van der Waals surface area contributed by atoms with Crippen molar-refractivity contribution in [2.24, 2.45) is 0 Å². The Morgan fingerprint density at radius 3 is 2.33 bits per heavy atom. The lowest BCUT2D eigenvalue weighted by Crippen LogP contribution is -2.21. The predicted octanol–water partition coefficient (Wildman–Crippen LogP) is 4.97. The van der Waals surface area contributed by atoms with Gasteiger partial charge in [0.2, 0.25) is 0 Å². The van der Waals surface area contributed by atoms with Gasteiger partial charge in [-0.3, -0.25) is 4.79 Å². The van der Waals surface area contributed by atoms with Gasteiger partial charge in [0, 0.05) is 11.8 Å². The molecule has 1 N–H and O–H groups in total. The first-order valence-electron chi connectivity index (χ1n) is 9.66. The van der Waals surface area contributed by atoms with Crippen LogP contribution in [-0.4, -0.2) is 25.6 Å².